The van der Waals surface area contributed by atoms with E-state index in [2.05, 4.69) is 20.7 Å². The van der Waals surface area contributed by atoms with Gasteiger partial charge in [0.05, 0.1) is 22.2 Å². The predicted octanol–water partition coefficient (Wildman–Crippen LogP) is 3.74. The van der Waals surface area contributed by atoms with Crippen molar-refractivity contribution in [3.63, 3.8) is 0 Å². The molecule has 0 fully saturated rings. The first kappa shape index (κ1) is 15.5. The number of sulfonamides is 1. The van der Waals surface area contributed by atoms with E-state index in [9.17, 15) is 8.42 Å². The molecular formula is C15H13BrN2O2S. The quantitative estimate of drug-likeness (QED) is 0.901. The van der Waals surface area contributed by atoms with Crippen molar-refractivity contribution >= 4 is 31.6 Å². The molecule has 0 saturated heterocycles. The van der Waals surface area contributed by atoms with E-state index >= 15 is 0 Å². The van der Waals surface area contributed by atoms with Crippen LogP contribution in [0.4, 0.5) is 5.69 Å². The summed E-state index contributed by atoms with van der Waals surface area (Å²) in [6.45, 7) is 3.67. The van der Waals surface area contributed by atoms with Gasteiger partial charge in [-0.15, -0.1) is 0 Å². The fourth-order valence-electron chi connectivity index (χ4n) is 2.00. The summed E-state index contributed by atoms with van der Waals surface area (Å²) in [5, 5.41) is 8.87. The van der Waals surface area contributed by atoms with Crippen molar-refractivity contribution in [3.8, 4) is 6.07 Å². The molecule has 4 nitrogen and oxygen atoms in total. The lowest BCUT2D eigenvalue weighted by atomic mass is 10.1. The summed E-state index contributed by atoms with van der Waals surface area (Å²) < 4.78 is 28.3. The molecule has 2 aromatic rings. The van der Waals surface area contributed by atoms with Crippen LogP contribution in [0, 0.1) is 25.2 Å². The number of nitrogens with one attached hydrogen (secondary N) is 1. The molecule has 2 aromatic carbocycles. The normalized spacial score (nSPS) is 11.0. The van der Waals surface area contributed by atoms with E-state index < -0.39 is 10.0 Å². The lowest BCUT2D eigenvalue weighted by Gasteiger charge is -2.14. The number of nitriles is 1. The number of nitrogens with zero attached hydrogens (tertiary/aromatic N) is 1. The molecule has 6 heteroatoms. The minimum atomic E-state index is -3.72. The number of aryl methyl sites for hydroxylation is 2. The molecule has 2 rings (SSSR count). The van der Waals surface area contributed by atoms with Crippen molar-refractivity contribution < 1.29 is 8.42 Å². The van der Waals surface area contributed by atoms with Gasteiger partial charge in [0.2, 0.25) is 0 Å². The van der Waals surface area contributed by atoms with Crippen molar-refractivity contribution in [1.82, 2.24) is 0 Å². The maximum absolute atomic E-state index is 12.4. The lowest BCUT2D eigenvalue weighted by molar-refractivity contribution is 0.601. The molecule has 0 atom stereocenters. The Morgan fingerprint density at radius 3 is 2.33 bits per heavy atom. The van der Waals surface area contributed by atoms with Crippen LogP contribution >= 0.6 is 15.9 Å². The fourth-order valence-corrected chi connectivity index (χ4v) is 3.93. The average molecular weight is 365 g/mol. The number of rotatable bonds is 3. The number of hydrogen-bond donors (Lipinski definition) is 1. The van der Waals surface area contributed by atoms with Gasteiger partial charge in [0.1, 0.15) is 0 Å². The molecule has 1 N–H and O–H groups in total. The molecule has 0 unspecified atom stereocenters. The van der Waals surface area contributed by atoms with Crippen LogP contribution in [0.2, 0.25) is 0 Å². The number of hydrogen-bond acceptors (Lipinski definition) is 3. The third-order valence-corrected chi connectivity index (χ3v) is 4.81. The number of benzene rings is 2. The molecule has 0 amide bonds. The number of halogens is 1. The van der Waals surface area contributed by atoms with E-state index in [1.54, 1.807) is 12.1 Å². The Balaban J connectivity index is 2.45. The monoisotopic (exact) mass is 364 g/mol. The molecule has 108 valence electrons. The SMILES string of the molecule is Cc1cc(Br)cc(C)c1NS(=O)(=O)c1cccc(C#N)c1. The van der Waals surface area contributed by atoms with E-state index in [0.29, 0.717) is 11.3 Å². The minimum Gasteiger partial charge on any atom is -0.279 e. The van der Waals surface area contributed by atoms with E-state index in [-0.39, 0.29) is 4.90 Å². The van der Waals surface area contributed by atoms with Gasteiger partial charge < -0.3 is 0 Å². The second kappa shape index (κ2) is 5.88. The highest BCUT2D eigenvalue weighted by Crippen LogP contribution is 2.27. The Bertz CT molecular complexity index is 816. The van der Waals surface area contributed by atoms with Crippen LogP contribution in [-0.4, -0.2) is 8.42 Å². The van der Waals surface area contributed by atoms with Gasteiger partial charge in [0, 0.05) is 4.47 Å². The standard InChI is InChI=1S/C15H13BrN2O2S/c1-10-6-13(16)7-11(2)15(10)18-21(19,20)14-5-3-4-12(8-14)9-17/h3-8,18H,1-2H3. The maximum Gasteiger partial charge on any atom is 0.261 e. The molecule has 0 aliphatic rings. The second-order valence-electron chi connectivity index (χ2n) is 4.66. The van der Waals surface area contributed by atoms with Crippen LogP contribution in [0.5, 0.6) is 0 Å². The zero-order valence-corrected chi connectivity index (χ0v) is 13.9. The van der Waals surface area contributed by atoms with Crippen molar-refractivity contribution in [2.24, 2.45) is 0 Å². The summed E-state index contributed by atoms with van der Waals surface area (Å²) in [6, 6.07) is 11.6. The Labute approximate surface area is 132 Å². The summed E-state index contributed by atoms with van der Waals surface area (Å²) >= 11 is 3.38. The first-order valence-corrected chi connectivity index (χ1v) is 8.41. The molecule has 21 heavy (non-hydrogen) atoms. The van der Waals surface area contributed by atoms with Gasteiger partial charge in [-0.1, -0.05) is 22.0 Å². The van der Waals surface area contributed by atoms with Crippen molar-refractivity contribution in [2.75, 3.05) is 4.72 Å². The number of anilines is 1. The van der Waals surface area contributed by atoms with Gasteiger partial charge in [-0.05, 0) is 55.3 Å². The summed E-state index contributed by atoms with van der Waals surface area (Å²) in [7, 11) is -3.72. The molecule has 0 spiro atoms. The third-order valence-electron chi connectivity index (χ3n) is 3.01. The first-order valence-electron chi connectivity index (χ1n) is 6.13. The van der Waals surface area contributed by atoms with E-state index in [1.807, 2.05) is 32.0 Å². The topological polar surface area (TPSA) is 70.0 Å². The van der Waals surface area contributed by atoms with Crippen LogP contribution in [0.1, 0.15) is 16.7 Å². The van der Waals surface area contributed by atoms with Gasteiger partial charge in [-0.25, -0.2) is 8.42 Å². The van der Waals surface area contributed by atoms with Crippen LogP contribution in [0.15, 0.2) is 45.8 Å². The zero-order chi connectivity index (χ0) is 15.6. The highest BCUT2D eigenvalue weighted by molar-refractivity contribution is 9.10. The summed E-state index contributed by atoms with van der Waals surface area (Å²) in [4.78, 5) is 0.0725. The lowest BCUT2D eigenvalue weighted by Crippen LogP contribution is -2.14. The Hall–Kier alpha value is -1.84. The van der Waals surface area contributed by atoms with Crippen LogP contribution in [0.25, 0.3) is 0 Å². The maximum atomic E-state index is 12.4. The highest BCUT2D eigenvalue weighted by Gasteiger charge is 2.17. The van der Waals surface area contributed by atoms with Gasteiger partial charge in [-0.2, -0.15) is 5.26 Å². The summed E-state index contributed by atoms with van der Waals surface area (Å²) in [6.07, 6.45) is 0. The zero-order valence-electron chi connectivity index (χ0n) is 11.5. The van der Waals surface area contributed by atoms with Gasteiger partial charge in [0.15, 0.2) is 0 Å². The molecule has 0 aromatic heterocycles. The predicted molar refractivity (Wildman–Crippen MR) is 85.6 cm³/mol. The van der Waals surface area contributed by atoms with Gasteiger partial charge in [-0.3, -0.25) is 4.72 Å². The molecule has 0 saturated carbocycles. The van der Waals surface area contributed by atoms with Crippen molar-refractivity contribution in [3.05, 3.63) is 57.6 Å². The Morgan fingerprint density at radius 1 is 1.14 bits per heavy atom. The van der Waals surface area contributed by atoms with Gasteiger partial charge >= 0.3 is 0 Å². The third kappa shape index (κ3) is 3.43. The molecule has 0 heterocycles. The van der Waals surface area contributed by atoms with Crippen LogP contribution in [0.3, 0.4) is 0 Å². The van der Waals surface area contributed by atoms with Gasteiger partial charge in [0.25, 0.3) is 10.0 Å². The Kier molecular flexibility index (Phi) is 4.35. The first-order chi connectivity index (χ1) is 9.83. The largest absolute Gasteiger partial charge is 0.279 e. The van der Waals surface area contributed by atoms with Crippen LogP contribution in [-0.2, 0) is 10.0 Å². The minimum absolute atomic E-state index is 0.0725. The smallest absolute Gasteiger partial charge is 0.261 e. The van der Waals surface area contributed by atoms with Crippen molar-refractivity contribution in [2.45, 2.75) is 18.7 Å². The molecule has 0 aliphatic heterocycles. The molecular weight excluding hydrogens is 352 g/mol. The molecule has 0 aliphatic carbocycles. The molecule has 0 bridgehead atoms. The van der Waals surface area contributed by atoms with Crippen LogP contribution < -0.4 is 4.72 Å². The summed E-state index contributed by atoms with van der Waals surface area (Å²) in [5.74, 6) is 0. The highest BCUT2D eigenvalue weighted by atomic mass is 79.9. The molecule has 0 radical (unpaired) electrons. The average Bonchev–Trinajstić information content (AvgIpc) is 2.43. The second-order valence-corrected chi connectivity index (χ2v) is 7.26. The van der Waals surface area contributed by atoms with E-state index in [4.69, 9.17) is 5.26 Å². The van der Waals surface area contributed by atoms with Crippen molar-refractivity contribution in [1.29, 1.82) is 5.26 Å². The van der Waals surface area contributed by atoms with E-state index in [0.717, 1.165) is 15.6 Å². The summed E-state index contributed by atoms with van der Waals surface area (Å²) in [5.41, 5.74) is 2.51. The van der Waals surface area contributed by atoms with E-state index in [1.165, 1.54) is 12.1 Å². The fraction of sp³-hybridized carbons (Fsp3) is 0.133. The Morgan fingerprint density at radius 2 is 1.76 bits per heavy atom.